The molecule has 0 fully saturated rings. The number of nitrogens with zero attached hydrogens (tertiary/aromatic N) is 2. The molecule has 3 rings (SSSR count). The first-order chi connectivity index (χ1) is 12.3. The lowest BCUT2D eigenvalue weighted by Crippen LogP contribution is -2.32. The van der Waals surface area contributed by atoms with E-state index in [1.165, 1.54) is 30.3 Å². The van der Waals surface area contributed by atoms with Crippen LogP contribution in [0.15, 0.2) is 53.2 Å². The van der Waals surface area contributed by atoms with E-state index in [0.29, 0.717) is 4.90 Å². The number of rotatable bonds is 4. The zero-order valence-electron chi connectivity index (χ0n) is 12.7. The number of carbonyl (C=O) groups is 2. The number of nitrogens with one attached hydrogen (secondary N) is 1. The van der Waals surface area contributed by atoms with Crippen LogP contribution in [0.25, 0.3) is 0 Å². The number of nitro benzene ring substituents is 1. The van der Waals surface area contributed by atoms with Crippen LogP contribution in [-0.4, -0.2) is 16.7 Å². The van der Waals surface area contributed by atoms with Crippen LogP contribution in [0.1, 0.15) is 0 Å². The second-order valence-electron chi connectivity index (χ2n) is 5.17. The van der Waals surface area contributed by atoms with Gasteiger partial charge in [-0.3, -0.25) is 19.7 Å². The Bertz CT molecular complexity index is 993. The predicted molar refractivity (Wildman–Crippen MR) is 93.5 cm³/mol. The van der Waals surface area contributed by atoms with Gasteiger partial charge in [0.25, 0.3) is 17.5 Å². The number of nitro groups is 1. The summed E-state index contributed by atoms with van der Waals surface area (Å²) in [6, 6.07) is 8.63. The largest absolute Gasteiger partial charge is 0.350 e. The Hall–Kier alpha value is -2.97. The van der Waals surface area contributed by atoms with E-state index in [0.717, 1.165) is 12.1 Å². The summed E-state index contributed by atoms with van der Waals surface area (Å²) in [4.78, 5) is 35.9. The van der Waals surface area contributed by atoms with Crippen molar-refractivity contribution in [1.82, 2.24) is 0 Å². The van der Waals surface area contributed by atoms with E-state index < -0.39 is 27.6 Å². The van der Waals surface area contributed by atoms with Crippen LogP contribution in [0.5, 0.6) is 0 Å². The molecule has 0 spiro atoms. The van der Waals surface area contributed by atoms with E-state index in [9.17, 15) is 24.1 Å². The van der Waals surface area contributed by atoms with Crippen molar-refractivity contribution in [2.75, 3.05) is 10.2 Å². The van der Waals surface area contributed by atoms with Crippen molar-refractivity contribution in [2.45, 2.75) is 0 Å². The third kappa shape index (κ3) is 3.12. The fraction of sp³-hybridized carbons (Fsp3) is 0. The molecule has 132 valence electrons. The van der Waals surface area contributed by atoms with Gasteiger partial charge in [0.1, 0.15) is 16.5 Å². The Kier molecular flexibility index (Phi) is 4.62. The highest BCUT2D eigenvalue weighted by Crippen LogP contribution is 2.32. The Morgan fingerprint density at radius 2 is 1.81 bits per heavy atom. The van der Waals surface area contributed by atoms with Crippen molar-refractivity contribution in [2.24, 2.45) is 0 Å². The van der Waals surface area contributed by atoms with Gasteiger partial charge in [-0.1, -0.05) is 29.3 Å². The quantitative estimate of drug-likeness (QED) is 0.482. The molecule has 0 aromatic heterocycles. The summed E-state index contributed by atoms with van der Waals surface area (Å²) < 4.78 is 13.2. The molecule has 7 nitrogen and oxygen atoms in total. The Morgan fingerprint density at radius 3 is 2.46 bits per heavy atom. The first-order valence-corrected chi connectivity index (χ1v) is 7.80. The Morgan fingerprint density at radius 1 is 1.08 bits per heavy atom. The van der Waals surface area contributed by atoms with Gasteiger partial charge in [0.05, 0.1) is 15.6 Å². The van der Waals surface area contributed by atoms with Crippen molar-refractivity contribution in [3.05, 3.63) is 74.1 Å². The van der Waals surface area contributed by atoms with E-state index in [-0.39, 0.29) is 27.8 Å². The van der Waals surface area contributed by atoms with E-state index in [4.69, 9.17) is 23.2 Å². The number of carbonyl (C=O) groups excluding carboxylic acids is 2. The summed E-state index contributed by atoms with van der Waals surface area (Å²) in [6.07, 6.45) is 0. The Labute approximate surface area is 155 Å². The van der Waals surface area contributed by atoms with Crippen LogP contribution in [0, 0.1) is 15.9 Å². The molecule has 2 aromatic carbocycles. The highest BCUT2D eigenvalue weighted by atomic mass is 35.5. The van der Waals surface area contributed by atoms with Crippen LogP contribution < -0.4 is 10.2 Å². The third-order valence-electron chi connectivity index (χ3n) is 3.51. The number of amides is 2. The van der Waals surface area contributed by atoms with Crippen LogP contribution in [0.2, 0.25) is 5.02 Å². The van der Waals surface area contributed by atoms with Crippen molar-refractivity contribution in [3.8, 4) is 0 Å². The molecule has 1 heterocycles. The molecule has 0 saturated heterocycles. The number of anilines is 2. The summed E-state index contributed by atoms with van der Waals surface area (Å²) in [5, 5.41) is 12.9. The van der Waals surface area contributed by atoms with Gasteiger partial charge in [-0.05, 0) is 24.3 Å². The molecule has 26 heavy (non-hydrogen) atoms. The molecule has 0 unspecified atom stereocenters. The molecular weight excluding hydrogens is 388 g/mol. The van der Waals surface area contributed by atoms with E-state index >= 15 is 0 Å². The molecule has 10 heteroatoms. The highest BCUT2D eigenvalue weighted by Gasteiger charge is 2.39. The van der Waals surface area contributed by atoms with Crippen molar-refractivity contribution in [3.63, 3.8) is 0 Å². The van der Waals surface area contributed by atoms with Gasteiger partial charge in [0.2, 0.25) is 0 Å². The van der Waals surface area contributed by atoms with Crippen molar-refractivity contribution in [1.29, 1.82) is 0 Å². The minimum absolute atomic E-state index is 0.00119. The normalized spacial score (nSPS) is 14.2. The summed E-state index contributed by atoms with van der Waals surface area (Å²) in [5.74, 6) is -2.29. The molecule has 0 radical (unpaired) electrons. The van der Waals surface area contributed by atoms with Gasteiger partial charge >= 0.3 is 0 Å². The molecule has 0 aliphatic carbocycles. The minimum Gasteiger partial charge on any atom is -0.350 e. The molecule has 1 aliphatic heterocycles. The van der Waals surface area contributed by atoms with Crippen LogP contribution in [0.3, 0.4) is 0 Å². The van der Waals surface area contributed by atoms with E-state index in [2.05, 4.69) is 5.32 Å². The number of hydrogen-bond donors (Lipinski definition) is 1. The van der Waals surface area contributed by atoms with Crippen molar-refractivity contribution < 1.29 is 18.9 Å². The zero-order valence-corrected chi connectivity index (χ0v) is 14.2. The number of hydrogen-bond acceptors (Lipinski definition) is 5. The first kappa shape index (κ1) is 17.8. The fourth-order valence-electron chi connectivity index (χ4n) is 2.31. The average molecular weight is 396 g/mol. The monoisotopic (exact) mass is 395 g/mol. The molecule has 1 aliphatic rings. The number of halogens is 3. The van der Waals surface area contributed by atoms with Crippen LogP contribution >= 0.6 is 23.2 Å². The van der Waals surface area contributed by atoms with E-state index in [1.54, 1.807) is 0 Å². The summed E-state index contributed by atoms with van der Waals surface area (Å²) in [6.45, 7) is 0. The maximum atomic E-state index is 13.2. The lowest BCUT2D eigenvalue weighted by molar-refractivity contribution is -0.384. The molecule has 0 bridgehead atoms. The summed E-state index contributed by atoms with van der Waals surface area (Å²) in [5.41, 5.74) is -0.287. The van der Waals surface area contributed by atoms with Gasteiger partial charge < -0.3 is 5.32 Å². The lowest BCUT2D eigenvalue weighted by atomic mass is 10.2. The molecule has 0 saturated carbocycles. The Balaban J connectivity index is 1.93. The topological polar surface area (TPSA) is 92.6 Å². The van der Waals surface area contributed by atoms with Crippen LogP contribution in [-0.2, 0) is 9.59 Å². The second-order valence-corrected chi connectivity index (χ2v) is 5.95. The second kappa shape index (κ2) is 6.74. The highest BCUT2D eigenvalue weighted by molar-refractivity contribution is 6.53. The minimum atomic E-state index is -0.840. The molecule has 0 atom stereocenters. The van der Waals surface area contributed by atoms with Gasteiger partial charge in [-0.15, -0.1) is 0 Å². The predicted octanol–water partition coefficient (Wildman–Crippen LogP) is 3.82. The number of non-ortho nitro benzene ring substituents is 1. The summed E-state index contributed by atoms with van der Waals surface area (Å²) >= 11 is 11.6. The van der Waals surface area contributed by atoms with E-state index in [1.807, 2.05) is 0 Å². The number of benzene rings is 2. The summed E-state index contributed by atoms with van der Waals surface area (Å²) in [7, 11) is 0. The van der Waals surface area contributed by atoms with Crippen LogP contribution in [0.4, 0.5) is 21.5 Å². The third-order valence-corrected chi connectivity index (χ3v) is 4.16. The van der Waals surface area contributed by atoms with Gasteiger partial charge in [-0.25, -0.2) is 9.29 Å². The van der Waals surface area contributed by atoms with Gasteiger partial charge in [-0.2, -0.15) is 0 Å². The molecule has 2 amide bonds. The lowest BCUT2D eigenvalue weighted by Gasteiger charge is -2.15. The number of imide groups is 1. The van der Waals surface area contributed by atoms with Gasteiger partial charge in [0, 0.05) is 17.8 Å². The maximum absolute atomic E-state index is 13.2. The molecular formula is C16H8Cl2FN3O4. The molecule has 2 aromatic rings. The fourth-order valence-corrected chi connectivity index (χ4v) is 2.70. The molecule has 1 N–H and O–H groups in total. The first-order valence-electron chi connectivity index (χ1n) is 7.04. The van der Waals surface area contributed by atoms with Crippen molar-refractivity contribution >= 4 is 52.1 Å². The van der Waals surface area contributed by atoms with Gasteiger partial charge in [0.15, 0.2) is 0 Å². The average Bonchev–Trinajstić information content (AvgIpc) is 2.81. The standard InChI is InChI=1S/C16H8Cl2FN3O4/c17-11-6-8(4-5-12(11)19)20-14-13(18)15(23)21(16(14)24)9-2-1-3-10(7-9)22(25)26/h1-7,20H. The SMILES string of the molecule is O=C1C(Cl)=C(Nc2ccc(F)c(Cl)c2)C(=O)N1c1cccc([N+](=O)[O-])c1. The maximum Gasteiger partial charge on any atom is 0.283 e. The smallest absolute Gasteiger partial charge is 0.283 e. The zero-order chi connectivity index (χ0) is 19.0.